The first-order valence-corrected chi connectivity index (χ1v) is 7.84. The summed E-state index contributed by atoms with van der Waals surface area (Å²) in [6.07, 6.45) is 5.62. The fourth-order valence-electron chi connectivity index (χ4n) is 2.83. The Morgan fingerprint density at radius 3 is 2.39 bits per heavy atom. The third kappa shape index (κ3) is 3.59. The van der Waals surface area contributed by atoms with Crippen molar-refractivity contribution in [1.82, 2.24) is 9.47 Å². The average molecular weight is 308 g/mol. The third-order valence-electron chi connectivity index (χ3n) is 4.20. The number of benzene rings is 1. The number of aryl methyl sites for hydroxylation is 1. The molecule has 0 saturated carbocycles. The summed E-state index contributed by atoms with van der Waals surface area (Å²) >= 11 is 0. The molecule has 3 rings (SSSR count). The number of amides is 1. The van der Waals surface area contributed by atoms with Gasteiger partial charge in [-0.15, -0.1) is 0 Å². The molecule has 1 amide bonds. The van der Waals surface area contributed by atoms with Gasteiger partial charge in [0.15, 0.2) is 0 Å². The Morgan fingerprint density at radius 1 is 1.04 bits per heavy atom. The lowest BCUT2D eigenvalue weighted by atomic mass is 10.0. The predicted molar refractivity (Wildman–Crippen MR) is 91.2 cm³/mol. The average Bonchev–Trinajstić information content (AvgIpc) is 2.58. The first-order chi connectivity index (χ1) is 11.1. The monoisotopic (exact) mass is 308 g/mol. The van der Waals surface area contributed by atoms with Gasteiger partial charge in [-0.1, -0.05) is 42.0 Å². The van der Waals surface area contributed by atoms with Crippen molar-refractivity contribution >= 4 is 12.0 Å². The molecule has 1 fully saturated rings. The smallest absolute Gasteiger partial charge is 0.255 e. The Balaban J connectivity index is 1.66. The number of piperidine rings is 1. The van der Waals surface area contributed by atoms with Gasteiger partial charge in [0.05, 0.1) is 5.56 Å². The lowest BCUT2D eigenvalue weighted by Crippen LogP contribution is -2.36. The first-order valence-electron chi connectivity index (χ1n) is 7.84. The topological polar surface area (TPSA) is 42.3 Å². The first kappa shape index (κ1) is 15.3. The van der Waals surface area contributed by atoms with Crippen LogP contribution >= 0.6 is 0 Å². The number of pyridine rings is 1. The van der Waals surface area contributed by atoms with E-state index in [0.717, 1.165) is 25.9 Å². The highest BCUT2D eigenvalue weighted by Crippen LogP contribution is 2.20. The number of nitrogens with zero attached hydrogens (tertiary/aromatic N) is 2. The number of hydrogen-bond acceptors (Lipinski definition) is 2. The minimum absolute atomic E-state index is 0.000592. The molecule has 0 unspecified atom stereocenters. The molecule has 23 heavy (non-hydrogen) atoms. The lowest BCUT2D eigenvalue weighted by Gasteiger charge is -2.28. The summed E-state index contributed by atoms with van der Waals surface area (Å²) in [5, 5.41) is 0. The van der Waals surface area contributed by atoms with Crippen LogP contribution in [0.2, 0.25) is 0 Å². The van der Waals surface area contributed by atoms with Crippen molar-refractivity contribution in [3.63, 3.8) is 0 Å². The molecule has 1 aliphatic heterocycles. The Hall–Kier alpha value is -2.62. The second-order valence-electron chi connectivity index (χ2n) is 5.87. The Morgan fingerprint density at radius 2 is 1.74 bits per heavy atom. The van der Waals surface area contributed by atoms with Gasteiger partial charge in [-0.25, -0.2) is 0 Å². The van der Waals surface area contributed by atoms with Gasteiger partial charge in [-0.05, 0) is 24.5 Å². The van der Waals surface area contributed by atoms with Crippen LogP contribution in [0.25, 0.3) is 6.08 Å². The van der Waals surface area contributed by atoms with E-state index in [1.54, 1.807) is 19.3 Å². The van der Waals surface area contributed by atoms with Crippen LogP contribution in [0.15, 0.2) is 59.0 Å². The van der Waals surface area contributed by atoms with Crippen LogP contribution in [0.1, 0.15) is 28.8 Å². The van der Waals surface area contributed by atoms with Gasteiger partial charge in [0.2, 0.25) is 5.56 Å². The molecule has 4 heteroatoms. The molecule has 4 nitrogen and oxygen atoms in total. The lowest BCUT2D eigenvalue weighted by molar-refractivity contribution is 0.0743. The largest absolute Gasteiger partial charge is 0.338 e. The Kier molecular flexibility index (Phi) is 4.42. The van der Waals surface area contributed by atoms with Crippen LogP contribution in [0.3, 0.4) is 0 Å². The number of carbonyl (C=O) groups is 1. The fourth-order valence-corrected chi connectivity index (χ4v) is 2.83. The molecule has 1 aliphatic rings. The number of aromatic nitrogens is 1. The molecule has 2 heterocycles. The van der Waals surface area contributed by atoms with E-state index in [-0.39, 0.29) is 11.5 Å². The second kappa shape index (κ2) is 6.65. The number of likely N-dealkylation sites (tertiary alicyclic amines) is 1. The summed E-state index contributed by atoms with van der Waals surface area (Å²) in [5.41, 5.74) is 3.05. The van der Waals surface area contributed by atoms with E-state index in [2.05, 4.69) is 18.2 Å². The standard InChI is InChI=1S/C19H20N2O2/c1-20-14-17(7-8-18(20)22)19(23)21-11-9-16(10-12-21)13-15-5-3-2-4-6-15/h2-8,13-14H,9-12H2,1H3. The molecule has 118 valence electrons. The molecule has 0 aliphatic carbocycles. The summed E-state index contributed by atoms with van der Waals surface area (Å²) in [6, 6.07) is 13.3. The van der Waals surface area contributed by atoms with E-state index in [0.29, 0.717) is 5.56 Å². The van der Waals surface area contributed by atoms with Crippen molar-refractivity contribution in [3.05, 3.63) is 75.7 Å². The molecule has 0 spiro atoms. The Bertz CT molecular complexity index is 781. The second-order valence-corrected chi connectivity index (χ2v) is 5.87. The van der Waals surface area contributed by atoms with Crippen LogP contribution in [-0.4, -0.2) is 28.5 Å². The minimum atomic E-state index is -0.103. The molecular weight excluding hydrogens is 288 g/mol. The zero-order valence-electron chi connectivity index (χ0n) is 13.2. The van der Waals surface area contributed by atoms with Crippen LogP contribution in [-0.2, 0) is 7.05 Å². The van der Waals surface area contributed by atoms with Gasteiger partial charge < -0.3 is 9.47 Å². The van der Waals surface area contributed by atoms with Gasteiger partial charge in [0.25, 0.3) is 5.91 Å². The molecule has 1 aromatic heterocycles. The third-order valence-corrected chi connectivity index (χ3v) is 4.20. The summed E-state index contributed by atoms with van der Waals surface area (Å²) in [6.45, 7) is 1.45. The maximum Gasteiger partial charge on any atom is 0.255 e. The molecule has 0 N–H and O–H groups in total. The van der Waals surface area contributed by atoms with Gasteiger partial charge in [0.1, 0.15) is 0 Å². The molecule has 1 saturated heterocycles. The number of rotatable bonds is 2. The highest BCUT2D eigenvalue weighted by molar-refractivity contribution is 5.94. The predicted octanol–water partition coefficient (Wildman–Crippen LogP) is 2.70. The number of hydrogen-bond donors (Lipinski definition) is 0. The summed E-state index contributed by atoms with van der Waals surface area (Å²) in [4.78, 5) is 25.8. The van der Waals surface area contributed by atoms with Gasteiger partial charge in [0, 0.05) is 32.4 Å². The van der Waals surface area contributed by atoms with Crippen molar-refractivity contribution in [2.24, 2.45) is 7.05 Å². The molecular formula is C19H20N2O2. The molecule has 0 bridgehead atoms. The zero-order valence-corrected chi connectivity index (χ0v) is 13.2. The SMILES string of the molecule is Cn1cc(C(=O)N2CCC(=Cc3ccccc3)CC2)ccc1=O. The van der Waals surface area contributed by atoms with Crippen molar-refractivity contribution in [2.75, 3.05) is 13.1 Å². The minimum Gasteiger partial charge on any atom is -0.338 e. The van der Waals surface area contributed by atoms with Crippen molar-refractivity contribution in [2.45, 2.75) is 12.8 Å². The van der Waals surface area contributed by atoms with Crippen molar-refractivity contribution in [1.29, 1.82) is 0 Å². The van der Waals surface area contributed by atoms with E-state index < -0.39 is 0 Å². The maximum absolute atomic E-state index is 12.5. The van der Waals surface area contributed by atoms with Gasteiger partial charge in [-0.3, -0.25) is 9.59 Å². The molecule has 1 aromatic carbocycles. The molecule has 0 radical (unpaired) electrons. The van der Waals surface area contributed by atoms with Crippen LogP contribution in [0.5, 0.6) is 0 Å². The fraction of sp³-hybridized carbons (Fsp3) is 0.263. The molecule has 2 aromatic rings. The summed E-state index contributed by atoms with van der Waals surface area (Å²) < 4.78 is 1.44. The van der Waals surface area contributed by atoms with Gasteiger partial charge >= 0.3 is 0 Å². The van der Waals surface area contributed by atoms with E-state index in [1.807, 2.05) is 23.1 Å². The van der Waals surface area contributed by atoms with E-state index in [4.69, 9.17) is 0 Å². The quantitative estimate of drug-likeness (QED) is 0.856. The Labute approximate surface area is 135 Å². The van der Waals surface area contributed by atoms with E-state index in [1.165, 1.54) is 21.8 Å². The summed E-state index contributed by atoms with van der Waals surface area (Å²) in [5.74, 6) is -0.000592. The summed E-state index contributed by atoms with van der Waals surface area (Å²) in [7, 11) is 1.66. The van der Waals surface area contributed by atoms with Crippen LogP contribution < -0.4 is 5.56 Å². The molecule has 0 atom stereocenters. The van der Waals surface area contributed by atoms with Crippen molar-refractivity contribution < 1.29 is 4.79 Å². The van der Waals surface area contributed by atoms with Gasteiger partial charge in [-0.2, -0.15) is 0 Å². The van der Waals surface area contributed by atoms with Crippen LogP contribution in [0.4, 0.5) is 0 Å². The zero-order chi connectivity index (χ0) is 16.2. The normalized spacial score (nSPS) is 14.7. The highest BCUT2D eigenvalue weighted by Gasteiger charge is 2.20. The maximum atomic E-state index is 12.5. The van der Waals surface area contributed by atoms with E-state index >= 15 is 0 Å². The van der Waals surface area contributed by atoms with Crippen molar-refractivity contribution in [3.8, 4) is 0 Å². The van der Waals surface area contributed by atoms with E-state index in [9.17, 15) is 9.59 Å². The highest BCUT2D eigenvalue weighted by atomic mass is 16.2. The van der Waals surface area contributed by atoms with Crippen LogP contribution in [0, 0.1) is 0 Å². The number of carbonyl (C=O) groups excluding carboxylic acids is 1.